The summed E-state index contributed by atoms with van der Waals surface area (Å²) in [6.07, 6.45) is -0.521. The number of aliphatic hydroxyl groups excluding tert-OH is 1. The zero-order chi connectivity index (χ0) is 17.4. The molecule has 1 aromatic carbocycles. The van der Waals surface area contributed by atoms with E-state index in [1.54, 1.807) is 26.2 Å². The number of methoxy groups -OCH3 is 1. The number of thiophene rings is 1. The summed E-state index contributed by atoms with van der Waals surface area (Å²) in [7, 11) is 1.57. The third-order valence-electron chi connectivity index (χ3n) is 3.76. The van der Waals surface area contributed by atoms with Gasteiger partial charge in [-0.3, -0.25) is 0 Å². The number of ether oxygens (including phenoxy) is 3. The van der Waals surface area contributed by atoms with Gasteiger partial charge in [-0.1, -0.05) is 5.16 Å². The van der Waals surface area contributed by atoms with Crippen molar-refractivity contribution in [1.82, 2.24) is 10.1 Å². The first-order chi connectivity index (χ1) is 12.2. The summed E-state index contributed by atoms with van der Waals surface area (Å²) in [5.74, 6) is 2.56. The number of nitrogens with zero attached hydrogens (tertiary/aromatic N) is 2. The molecule has 0 aliphatic carbocycles. The molecule has 25 heavy (non-hydrogen) atoms. The van der Waals surface area contributed by atoms with Crippen LogP contribution in [0.4, 0.5) is 0 Å². The maximum Gasteiger partial charge on any atom is 0.258 e. The minimum Gasteiger partial charge on any atom is -0.493 e. The van der Waals surface area contributed by atoms with Gasteiger partial charge in [-0.15, -0.1) is 11.3 Å². The molecule has 130 valence electrons. The highest BCUT2D eigenvalue weighted by Gasteiger charge is 2.22. The number of benzene rings is 1. The first-order valence-electron chi connectivity index (χ1n) is 7.75. The van der Waals surface area contributed by atoms with Crippen molar-refractivity contribution >= 4 is 11.3 Å². The van der Waals surface area contributed by atoms with Gasteiger partial charge in [0.05, 0.1) is 18.1 Å². The van der Waals surface area contributed by atoms with Crippen molar-refractivity contribution in [3.63, 3.8) is 0 Å². The molecular formula is C17H16N2O5S. The Balaban J connectivity index is 1.70. The Morgan fingerprint density at radius 3 is 2.84 bits per heavy atom. The molecule has 4 rings (SSSR count). The zero-order valence-electron chi connectivity index (χ0n) is 13.7. The van der Waals surface area contributed by atoms with Crippen molar-refractivity contribution in [2.24, 2.45) is 0 Å². The summed E-state index contributed by atoms with van der Waals surface area (Å²) in [4.78, 5) is 6.13. The molecule has 1 atom stereocenters. The molecule has 1 unspecified atom stereocenters. The second-order valence-electron chi connectivity index (χ2n) is 5.50. The molecule has 0 spiro atoms. The molecule has 1 N–H and O–H groups in total. The highest BCUT2D eigenvalue weighted by Crippen LogP contribution is 2.43. The normalized spacial score (nSPS) is 14.4. The van der Waals surface area contributed by atoms with Crippen molar-refractivity contribution < 1.29 is 23.8 Å². The van der Waals surface area contributed by atoms with Crippen LogP contribution >= 0.6 is 11.3 Å². The standard InChI is InChI=1S/C17H16N2O5S/c1-9(20)13-3-4-14(25-13)16-18-17(24-19-16)10-7-11(21-2)15-12(8-10)22-5-6-23-15/h3-4,7-9,20H,5-6H2,1-2H3. The fraction of sp³-hybridized carbons (Fsp3) is 0.294. The van der Waals surface area contributed by atoms with Gasteiger partial charge in [0.1, 0.15) is 13.2 Å². The second kappa shape index (κ2) is 6.38. The number of rotatable bonds is 4. The molecule has 2 aromatic heterocycles. The van der Waals surface area contributed by atoms with E-state index >= 15 is 0 Å². The average molecular weight is 360 g/mol. The quantitative estimate of drug-likeness (QED) is 0.764. The van der Waals surface area contributed by atoms with Gasteiger partial charge < -0.3 is 23.8 Å². The zero-order valence-corrected chi connectivity index (χ0v) is 14.5. The van der Waals surface area contributed by atoms with Gasteiger partial charge in [-0.2, -0.15) is 4.98 Å². The van der Waals surface area contributed by atoms with Crippen molar-refractivity contribution in [1.29, 1.82) is 0 Å². The predicted octanol–water partition coefficient (Wildman–Crippen LogP) is 3.30. The second-order valence-corrected chi connectivity index (χ2v) is 6.62. The van der Waals surface area contributed by atoms with Crippen LogP contribution in [0.1, 0.15) is 17.9 Å². The third-order valence-corrected chi connectivity index (χ3v) is 5.01. The van der Waals surface area contributed by atoms with E-state index in [-0.39, 0.29) is 0 Å². The van der Waals surface area contributed by atoms with Crippen molar-refractivity contribution in [3.05, 3.63) is 29.1 Å². The highest BCUT2D eigenvalue weighted by atomic mass is 32.1. The molecule has 0 saturated heterocycles. The van der Waals surface area contributed by atoms with Crippen LogP contribution in [0, 0.1) is 0 Å². The smallest absolute Gasteiger partial charge is 0.258 e. The van der Waals surface area contributed by atoms with Crippen LogP contribution in [0.25, 0.3) is 22.2 Å². The minimum atomic E-state index is -0.521. The van der Waals surface area contributed by atoms with Crippen LogP contribution in [0.2, 0.25) is 0 Å². The molecule has 1 aliphatic heterocycles. The number of aromatic nitrogens is 2. The van der Waals surface area contributed by atoms with Crippen molar-refractivity contribution in [2.45, 2.75) is 13.0 Å². The molecule has 7 nitrogen and oxygen atoms in total. The Kier molecular flexibility index (Phi) is 4.06. The average Bonchev–Trinajstić information content (AvgIpc) is 3.29. The molecule has 0 radical (unpaired) electrons. The number of hydrogen-bond acceptors (Lipinski definition) is 8. The summed E-state index contributed by atoms with van der Waals surface area (Å²) >= 11 is 1.43. The van der Waals surface area contributed by atoms with Crippen molar-refractivity contribution in [2.75, 3.05) is 20.3 Å². The molecular weight excluding hydrogens is 344 g/mol. The highest BCUT2D eigenvalue weighted by molar-refractivity contribution is 7.15. The van der Waals surface area contributed by atoms with Gasteiger partial charge in [0.25, 0.3) is 5.89 Å². The van der Waals surface area contributed by atoms with E-state index < -0.39 is 6.10 Å². The van der Waals surface area contributed by atoms with Gasteiger partial charge in [0.2, 0.25) is 11.6 Å². The topological polar surface area (TPSA) is 86.8 Å². The predicted molar refractivity (Wildman–Crippen MR) is 91.2 cm³/mol. The molecule has 0 bridgehead atoms. The Morgan fingerprint density at radius 1 is 1.24 bits per heavy atom. The van der Waals surface area contributed by atoms with Gasteiger partial charge in [-0.05, 0) is 31.2 Å². The van der Waals surface area contributed by atoms with Crippen LogP contribution in [0.3, 0.4) is 0 Å². The van der Waals surface area contributed by atoms with Gasteiger partial charge in [-0.25, -0.2) is 0 Å². The molecule has 1 aliphatic rings. The number of hydrogen-bond donors (Lipinski definition) is 1. The van der Waals surface area contributed by atoms with Gasteiger partial charge >= 0.3 is 0 Å². The van der Waals surface area contributed by atoms with E-state index in [2.05, 4.69) is 10.1 Å². The lowest BCUT2D eigenvalue weighted by molar-refractivity contribution is 0.165. The number of aliphatic hydroxyl groups is 1. The van der Waals surface area contributed by atoms with E-state index in [9.17, 15) is 5.11 Å². The Hall–Kier alpha value is -2.58. The molecule has 8 heteroatoms. The number of fused-ring (bicyclic) bond motifs is 1. The maximum atomic E-state index is 9.64. The summed E-state index contributed by atoms with van der Waals surface area (Å²) in [6.45, 7) is 2.68. The van der Waals surface area contributed by atoms with Gasteiger partial charge in [0.15, 0.2) is 11.5 Å². The summed E-state index contributed by atoms with van der Waals surface area (Å²) in [5.41, 5.74) is 0.687. The summed E-state index contributed by atoms with van der Waals surface area (Å²) in [5, 5.41) is 13.7. The molecule has 0 amide bonds. The molecule has 3 aromatic rings. The van der Waals surface area contributed by atoms with Crippen molar-refractivity contribution in [3.8, 4) is 39.4 Å². The van der Waals surface area contributed by atoms with E-state index in [1.165, 1.54) is 11.3 Å². The first kappa shape index (κ1) is 15.9. The fourth-order valence-electron chi connectivity index (χ4n) is 2.53. The molecule has 0 fully saturated rings. The lowest BCUT2D eigenvalue weighted by Crippen LogP contribution is -2.16. The van der Waals surface area contributed by atoms with Crippen LogP contribution in [-0.4, -0.2) is 35.6 Å². The minimum absolute atomic E-state index is 0.359. The molecule has 3 heterocycles. The van der Waals surface area contributed by atoms with E-state index in [1.807, 2.05) is 12.1 Å². The maximum absolute atomic E-state index is 9.64. The van der Waals surface area contributed by atoms with E-state index in [0.29, 0.717) is 47.7 Å². The van der Waals surface area contributed by atoms with Crippen LogP contribution in [-0.2, 0) is 0 Å². The fourth-order valence-corrected chi connectivity index (χ4v) is 3.41. The SMILES string of the molecule is COc1cc(-c2nc(-c3ccc(C(C)O)s3)no2)cc2c1OCCO2. The largest absolute Gasteiger partial charge is 0.493 e. The molecule has 0 saturated carbocycles. The summed E-state index contributed by atoms with van der Waals surface area (Å²) < 4.78 is 22.0. The Bertz CT molecular complexity index is 885. The summed E-state index contributed by atoms with van der Waals surface area (Å²) in [6, 6.07) is 7.30. The van der Waals surface area contributed by atoms with E-state index in [4.69, 9.17) is 18.7 Å². The van der Waals surface area contributed by atoms with E-state index in [0.717, 1.165) is 9.75 Å². The lowest BCUT2D eigenvalue weighted by atomic mass is 10.1. The lowest BCUT2D eigenvalue weighted by Gasteiger charge is -2.20. The first-order valence-corrected chi connectivity index (χ1v) is 8.57. The van der Waals surface area contributed by atoms with Crippen LogP contribution in [0.15, 0.2) is 28.8 Å². The Labute approximate surface area is 147 Å². The monoisotopic (exact) mass is 360 g/mol. The van der Waals surface area contributed by atoms with Crippen LogP contribution < -0.4 is 14.2 Å². The van der Waals surface area contributed by atoms with Crippen LogP contribution in [0.5, 0.6) is 17.2 Å². The Morgan fingerprint density at radius 2 is 2.08 bits per heavy atom. The van der Waals surface area contributed by atoms with Gasteiger partial charge in [0, 0.05) is 10.4 Å². The third kappa shape index (κ3) is 2.94.